The number of Topliss-reactive ketones (excluding diaryl/α,β-unsaturated/α-hetero) is 1. The topological polar surface area (TPSA) is 67.3 Å². The standard InChI is InChI=1S/C27H30N4O2/c32-26(8-2-4-17-31-18-20-33-21-19-31)25-7-5-9-27(30-25)29-24-14-11-22(12-15-24)10-13-23-6-1-3-16-28-23/h1,3,5-7,9-16H,2,4,8,17-21H2,(H,29,30)/b13-10+. The molecule has 0 amide bonds. The van der Waals surface area contributed by atoms with Crippen molar-refractivity contribution in [2.45, 2.75) is 19.3 Å². The first kappa shape index (κ1) is 22.8. The van der Waals surface area contributed by atoms with Crippen molar-refractivity contribution < 1.29 is 9.53 Å². The summed E-state index contributed by atoms with van der Waals surface area (Å²) in [5.41, 5.74) is 3.44. The van der Waals surface area contributed by atoms with E-state index in [-0.39, 0.29) is 5.78 Å². The third-order valence-electron chi connectivity index (χ3n) is 5.58. The average Bonchev–Trinajstić information content (AvgIpc) is 2.87. The molecular formula is C27H30N4O2. The summed E-state index contributed by atoms with van der Waals surface area (Å²) in [5.74, 6) is 0.765. The first-order valence-corrected chi connectivity index (χ1v) is 11.5. The van der Waals surface area contributed by atoms with E-state index in [4.69, 9.17) is 4.74 Å². The second-order valence-corrected chi connectivity index (χ2v) is 8.08. The van der Waals surface area contributed by atoms with Crippen molar-refractivity contribution in [2.75, 3.05) is 38.2 Å². The monoisotopic (exact) mass is 442 g/mol. The fraction of sp³-hybridized carbons (Fsp3) is 0.296. The molecule has 0 spiro atoms. The van der Waals surface area contributed by atoms with Crippen LogP contribution in [-0.2, 0) is 4.74 Å². The highest BCUT2D eigenvalue weighted by atomic mass is 16.5. The minimum absolute atomic E-state index is 0.0932. The summed E-state index contributed by atoms with van der Waals surface area (Å²) >= 11 is 0. The van der Waals surface area contributed by atoms with Gasteiger partial charge in [0.25, 0.3) is 0 Å². The van der Waals surface area contributed by atoms with E-state index >= 15 is 0 Å². The van der Waals surface area contributed by atoms with Gasteiger partial charge in [-0.1, -0.05) is 30.3 Å². The van der Waals surface area contributed by atoms with Crippen LogP contribution in [0, 0.1) is 0 Å². The Morgan fingerprint density at radius 2 is 1.82 bits per heavy atom. The highest BCUT2D eigenvalue weighted by Crippen LogP contribution is 2.18. The average molecular weight is 443 g/mol. The minimum Gasteiger partial charge on any atom is -0.379 e. The van der Waals surface area contributed by atoms with Crippen LogP contribution in [0.5, 0.6) is 0 Å². The van der Waals surface area contributed by atoms with E-state index in [9.17, 15) is 4.79 Å². The van der Waals surface area contributed by atoms with E-state index in [2.05, 4.69) is 20.2 Å². The number of ketones is 1. The van der Waals surface area contributed by atoms with Crippen LogP contribution in [0.3, 0.4) is 0 Å². The predicted molar refractivity (Wildman–Crippen MR) is 133 cm³/mol. The van der Waals surface area contributed by atoms with Gasteiger partial charge in [0.15, 0.2) is 5.78 Å². The number of unbranched alkanes of at least 4 members (excludes halogenated alkanes) is 1. The quantitative estimate of drug-likeness (QED) is 0.349. The summed E-state index contributed by atoms with van der Waals surface area (Å²) in [7, 11) is 0. The van der Waals surface area contributed by atoms with Crippen molar-refractivity contribution in [3.05, 3.63) is 83.8 Å². The number of morpholine rings is 1. The van der Waals surface area contributed by atoms with Crippen molar-refractivity contribution >= 4 is 29.4 Å². The van der Waals surface area contributed by atoms with Crippen LogP contribution in [0.1, 0.15) is 41.0 Å². The molecule has 1 saturated heterocycles. The molecular weight excluding hydrogens is 412 g/mol. The Labute approximate surface area is 195 Å². The lowest BCUT2D eigenvalue weighted by molar-refractivity contribution is 0.0371. The Morgan fingerprint density at radius 3 is 2.61 bits per heavy atom. The fourth-order valence-electron chi connectivity index (χ4n) is 3.72. The van der Waals surface area contributed by atoms with E-state index in [1.165, 1.54) is 0 Å². The number of carbonyl (C=O) groups excluding carboxylic acids is 1. The van der Waals surface area contributed by atoms with Crippen LogP contribution in [-0.4, -0.2) is 53.5 Å². The number of carbonyl (C=O) groups is 1. The highest BCUT2D eigenvalue weighted by Gasteiger charge is 2.11. The number of aromatic nitrogens is 2. The molecule has 0 radical (unpaired) electrons. The minimum atomic E-state index is 0.0932. The number of anilines is 2. The maximum Gasteiger partial charge on any atom is 0.181 e. The van der Waals surface area contributed by atoms with Gasteiger partial charge in [-0.15, -0.1) is 0 Å². The van der Waals surface area contributed by atoms with Gasteiger partial charge in [0, 0.05) is 31.4 Å². The summed E-state index contributed by atoms with van der Waals surface area (Å²) in [5, 5.41) is 3.29. The smallest absolute Gasteiger partial charge is 0.181 e. The van der Waals surface area contributed by atoms with Crippen LogP contribution < -0.4 is 5.32 Å². The van der Waals surface area contributed by atoms with Crippen molar-refractivity contribution in [3.8, 4) is 0 Å². The molecule has 0 unspecified atom stereocenters. The fourth-order valence-corrected chi connectivity index (χ4v) is 3.72. The zero-order valence-electron chi connectivity index (χ0n) is 18.8. The molecule has 3 heterocycles. The Hall–Kier alpha value is -3.35. The number of nitrogens with zero attached hydrogens (tertiary/aromatic N) is 3. The largest absolute Gasteiger partial charge is 0.379 e. The van der Waals surface area contributed by atoms with Gasteiger partial charge in [-0.05, 0) is 67.4 Å². The Bertz CT molecular complexity index is 1050. The van der Waals surface area contributed by atoms with Crippen LogP contribution in [0.4, 0.5) is 11.5 Å². The molecule has 6 nitrogen and oxygen atoms in total. The molecule has 170 valence electrons. The second-order valence-electron chi connectivity index (χ2n) is 8.08. The summed E-state index contributed by atoms with van der Waals surface area (Å²) in [4.78, 5) is 23.8. The Balaban J connectivity index is 1.26. The molecule has 0 saturated carbocycles. The number of pyridine rings is 2. The molecule has 6 heteroatoms. The van der Waals surface area contributed by atoms with Gasteiger partial charge in [0.2, 0.25) is 0 Å². The molecule has 0 aliphatic carbocycles. The van der Waals surface area contributed by atoms with Gasteiger partial charge in [0.1, 0.15) is 11.5 Å². The molecule has 33 heavy (non-hydrogen) atoms. The van der Waals surface area contributed by atoms with Crippen molar-refractivity contribution in [3.63, 3.8) is 0 Å². The van der Waals surface area contributed by atoms with Crippen LogP contribution in [0.15, 0.2) is 66.9 Å². The number of benzene rings is 1. The first-order valence-electron chi connectivity index (χ1n) is 11.5. The number of ether oxygens (including phenoxy) is 1. The second kappa shape index (κ2) is 12.0. The van der Waals surface area contributed by atoms with Crippen LogP contribution in [0.2, 0.25) is 0 Å². The van der Waals surface area contributed by atoms with Gasteiger partial charge in [0.05, 0.1) is 18.9 Å². The molecule has 1 N–H and O–H groups in total. The van der Waals surface area contributed by atoms with Gasteiger partial charge in [-0.25, -0.2) is 4.98 Å². The Kier molecular flexibility index (Phi) is 8.33. The number of hydrogen-bond donors (Lipinski definition) is 1. The number of hydrogen-bond acceptors (Lipinski definition) is 6. The van der Waals surface area contributed by atoms with E-state index in [0.717, 1.165) is 62.6 Å². The van der Waals surface area contributed by atoms with Crippen molar-refractivity contribution in [2.24, 2.45) is 0 Å². The maximum atomic E-state index is 12.6. The third kappa shape index (κ3) is 7.34. The van der Waals surface area contributed by atoms with Crippen LogP contribution in [0.25, 0.3) is 12.2 Å². The molecule has 1 aliphatic rings. The Morgan fingerprint density at radius 1 is 0.970 bits per heavy atom. The maximum absolute atomic E-state index is 12.6. The summed E-state index contributed by atoms with van der Waals surface area (Å²) in [6, 6.07) is 19.5. The van der Waals surface area contributed by atoms with Crippen LogP contribution >= 0.6 is 0 Å². The van der Waals surface area contributed by atoms with E-state index in [1.54, 1.807) is 12.3 Å². The molecule has 0 bridgehead atoms. The SMILES string of the molecule is O=C(CCCCN1CCOCC1)c1cccc(Nc2ccc(/C=C/c3ccccn3)cc2)n1. The van der Waals surface area contributed by atoms with E-state index < -0.39 is 0 Å². The van der Waals surface area contributed by atoms with Crippen molar-refractivity contribution in [1.29, 1.82) is 0 Å². The molecule has 0 atom stereocenters. The predicted octanol–water partition coefficient (Wildman–Crippen LogP) is 5.08. The molecule has 2 aromatic heterocycles. The summed E-state index contributed by atoms with van der Waals surface area (Å²) in [6.45, 7) is 4.63. The zero-order chi connectivity index (χ0) is 22.7. The zero-order valence-corrected chi connectivity index (χ0v) is 18.8. The summed E-state index contributed by atoms with van der Waals surface area (Å²) in [6.07, 6.45) is 8.22. The molecule has 1 fully saturated rings. The molecule has 4 rings (SSSR count). The number of nitrogens with one attached hydrogen (secondary N) is 1. The lowest BCUT2D eigenvalue weighted by atomic mass is 10.1. The van der Waals surface area contributed by atoms with E-state index in [0.29, 0.717) is 17.9 Å². The highest BCUT2D eigenvalue weighted by molar-refractivity contribution is 5.94. The first-order chi connectivity index (χ1) is 16.3. The lowest BCUT2D eigenvalue weighted by Crippen LogP contribution is -2.36. The van der Waals surface area contributed by atoms with Gasteiger partial charge < -0.3 is 10.1 Å². The number of rotatable bonds is 10. The molecule has 3 aromatic rings. The van der Waals surface area contributed by atoms with Crippen molar-refractivity contribution in [1.82, 2.24) is 14.9 Å². The third-order valence-corrected chi connectivity index (χ3v) is 5.58. The van der Waals surface area contributed by atoms with Gasteiger partial charge >= 0.3 is 0 Å². The lowest BCUT2D eigenvalue weighted by Gasteiger charge is -2.26. The normalized spacial score (nSPS) is 14.4. The van der Waals surface area contributed by atoms with Gasteiger partial charge in [-0.3, -0.25) is 14.7 Å². The van der Waals surface area contributed by atoms with Gasteiger partial charge in [-0.2, -0.15) is 0 Å². The van der Waals surface area contributed by atoms with E-state index in [1.807, 2.05) is 66.7 Å². The summed E-state index contributed by atoms with van der Waals surface area (Å²) < 4.78 is 5.37. The molecule has 1 aromatic carbocycles. The molecule has 1 aliphatic heterocycles.